The molecule has 6 nitrogen and oxygen atoms in total. The second kappa shape index (κ2) is 10.3. The topological polar surface area (TPSA) is 51.6 Å². The predicted octanol–water partition coefficient (Wildman–Crippen LogP) is 6.25. The molecule has 5 rings (SSSR count). The number of nitrogens with zero attached hydrogens (tertiary/aromatic N) is 3. The number of thiocarbonyl (C=S) groups is 1. The van der Waals surface area contributed by atoms with E-state index in [1.54, 1.807) is 14.2 Å². The highest BCUT2D eigenvalue weighted by Gasteiger charge is 2.43. The van der Waals surface area contributed by atoms with Crippen LogP contribution in [0.4, 0.5) is 5.69 Å². The first-order valence-corrected chi connectivity index (χ1v) is 12.9. The van der Waals surface area contributed by atoms with Gasteiger partial charge in [0, 0.05) is 29.3 Å². The normalized spacial score (nSPS) is 17.1. The monoisotopic (exact) mass is 512 g/mol. The van der Waals surface area contributed by atoms with Crippen LogP contribution in [0, 0.1) is 13.8 Å². The van der Waals surface area contributed by atoms with E-state index in [0.717, 1.165) is 23.6 Å². The van der Waals surface area contributed by atoms with Gasteiger partial charge in [-0.3, -0.25) is 4.98 Å². The van der Waals surface area contributed by atoms with Gasteiger partial charge in [0.25, 0.3) is 0 Å². The zero-order valence-corrected chi connectivity index (χ0v) is 22.7. The molecule has 1 saturated heterocycles. The summed E-state index contributed by atoms with van der Waals surface area (Å²) in [6.07, 6.45) is 2.79. The van der Waals surface area contributed by atoms with E-state index in [1.807, 2.05) is 42.6 Å². The van der Waals surface area contributed by atoms with Crippen LogP contribution >= 0.6 is 12.2 Å². The van der Waals surface area contributed by atoms with Crippen LogP contribution in [0.25, 0.3) is 5.69 Å². The Kier molecular flexibility index (Phi) is 6.89. The van der Waals surface area contributed by atoms with Gasteiger partial charge in [-0.15, -0.1) is 0 Å². The van der Waals surface area contributed by atoms with Crippen molar-refractivity contribution in [2.24, 2.45) is 0 Å². The van der Waals surface area contributed by atoms with Crippen molar-refractivity contribution in [1.82, 2.24) is 14.9 Å². The maximum Gasteiger partial charge on any atom is 0.174 e. The Hall–Kier alpha value is -3.84. The molecule has 1 aliphatic rings. The molecule has 7 heteroatoms. The number of ether oxygens (including phenoxy) is 2. The summed E-state index contributed by atoms with van der Waals surface area (Å²) in [5, 5.41) is 4.19. The lowest BCUT2D eigenvalue weighted by molar-refractivity contribution is 0.394. The van der Waals surface area contributed by atoms with Crippen LogP contribution in [0.15, 0.2) is 72.9 Å². The standard InChI is InChI=1S/C30H32N4O2S/c1-6-21-11-7-8-13-25(21)33-19(2)17-23(20(33)3)29-28(24-12-9-10-16-31-24)32-30(37)34(29)26-15-14-22(35-4)18-27(26)36-5/h7-18,28-29H,6H2,1-5H3,(H,32,37)/t28-,29+/m0/s1. The Labute approximate surface area is 223 Å². The van der Waals surface area contributed by atoms with Crippen molar-refractivity contribution in [1.29, 1.82) is 0 Å². The molecule has 0 unspecified atom stereocenters. The van der Waals surface area contributed by atoms with E-state index in [0.29, 0.717) is 10.9 Å². The van der Waals surface area contributed by atoms with Crippen molar-refractivity contribution >= 4 is 23.0 Å². The first kappa shape index (κ1) is 24.8. The van der Waals surface area contributed by atoms with Crippen molar-refractivity contribution in [3.63, 3.8) is 0 Å². The quantitative estimate of drug-likeness (QED) is 0.296. The number of rotatable bonds is 7. The van der Waals surface area contributed by atoms with Crippen molar-refractivity contribution in [3.8, 4) is 17.2 Å². The van der Waals surface area contributed by atoms with Crippen molar-refractivity contribution in [2.45, 2.75) is 39.3 Å². The molecule has 190 valence electrons. The second-order valence-electron chi connectivity index (χ2n) is 9.18. The fraction of sp³-hybridized carbons (Fsp3) is 0.267. The van der Waals surface area contributed by atoms with Gasteiger partial charge in [-0.25, -0.2) is 0 Å². The average Bonchev–Trinajstić information content (AvgIpc) is 3.43. The van der Waals surface area contributed by atoms with Crippen molar-refractivity contribution in [2.75, 3.05) is 19.1 Å². The van der Waals surface area contributed by atoms with Gasteiger partial charge >= 0.3 is 0 Å². The van der Waals surface area contributed by atoms with Crippen LogP contribution in [0.1, 0.15) is 47.2 Å². The van der Waals surface area contributed by atoms with Gasteiger partial charge in [-0.1, -0.05) is 31.2 Å². The molecule has 37 heavy (non-hydrogen) atoms. The number of hydrogen-bond donors (Lipinski definition) is 1. The molecule has 2 aromatic heterocycles. The summed E-state index contributed by atoms with van der Waals surface area (Å²) in [5.41, 5.74) is 7.87. The molecule has 4 aromatic rings. The van der Waals surface area contributed by atoms with E-state index in [9.17, 15) is 0 Å². The first-order chi connectivity index (χ1) is 18.0. The molecular weight excluding hydrogens is 480 g/mol. The summed E-state index contributed by atoms with van der Waals surface area (Å²) in [6.45, 7) is 6.55. The number of aromatic nitrogens is 2. The zero-order chi connectivity index (χ0) is 26.1. The number of aryl methyl sites for hydroxylation is 2. The number of anilines is 1. The number of methoxy groups -OCH3 is 2. The second-order valence-corrected chi connectivity index (χ2v) is 9.57. The highest BCUT2D eigenvalue weighted by Crippen LogP contribution is 2.46. The molecule has 0 saturated carbocycles. The van der Waals surface area contributed by atoms with Crippen LogP contribution in [-0.4, -0.2) is 28.9 Å². The molecule has 0 spiro atoms. The molecule has 1 aliphatic heterocycles. The third-order valence-electron chi connectivity index (χ3n) is 7.15. The Bertz CT molecular complexity index is 1430. The molecule has 0 aliphatic carbocycles. The summed E-state index contributed by atoms with van der Waals surface area (Å²) in [7, 11) is 3.32. The minimum atomic E-state index is -0.143. The highest BCUT2D eigenvalue weighted by atomic mass is 32.1. The maximum absolute atomic E-state index is 5.95. The third-order valence-corrected chi connectivity index (χ3v) is 7.46. The van der Waals surface area contributed by atoms with Gasteiger partial charge in [-0.2, -0.15) is 0 Å². The van der Waals surface area contributed by atoms with E-state index < -0.39 is 0 Å². The lowest BCUT2D eigenvalue weighted by Gasteiger charge is -2.29. The van der Waals surface area contributed by atoms with Gasteiger partial charge in [0.2, 0.25) is 0 Å². The SMILES string of the molecule is CCc1ccccc1-n1c(C)cc([C@@H]2[C@H](c3ccccn3)NC(=S)N2c2ccc(OC)cc2OC)c1C. The van der Waals surface area contributed by atoms with E-state index in [1.165, 1.54) is 28.2 Å². The number of para-hydroxylation sites is 1. The molecule has 2 atom stereocenters. The number of pyridine rings is 1. The Balaban J connectivity index is 1.71. The number of hydrogen-bond acceptors (Lipinski definition) is 4. The van der Waals surface area contributed by atoms with Crippen molar-refractivity contribution in [3.05, 3.63) is 101 Å². The largest absolute Gasteiger partial charge is 0.497 e. The smallest absolute Gasteiger partial charge is 0.174 e. The summed E-state index contributed by atoms with van der Waals surface area (Å²) < 4.78 is 13.6. The molecular formula is C30H32N4O2S. The van der Waals surface area contributed by atoms with Crippen molar-refractivity contribution < 1.29 is 9.47 Å². The van der Waals surface area contributed by atoms with E-state index in [-0.39, 0.29) is 12.1 Å². The average molecular weight is 513 g/mol. The Morgan fingerprint density at radius 3 is 2.43 bits per heavy atom. The van der Waals surface area contributed by atoms with E-state index >= 15 is 0 Å². The van der Waals surface area contributed by atoms with Gasteiger partial charge in [-0.05, 0) is 80.0 Å². The highest BCUT2D eigenvalue weighted by molar-refractivity contribution is 7.80. The third kappa shape index (κ3) is 4.33. The summed E-state index contributed by atoms with van der Waals surface area (Å²) >= 11 is 5.95. The number of nitrogens with one attached hydrogen (secondary N) is 1. The van der Waals surface area contributed by atoms with E-state index in [4.69, 9.17) is 26.7 Å². The molecule has 3 heterocycles. The fourth-order valence-corrected chi connectivity index (χ4v) is 5.74. The summed E-state index contributed by atoms with van der Waals surface area (Å²) in [5.74, 6) is 1.42. The zero-order valence-electron chi connectivity index (χ0n) is 21.9. The Morgan fingerprint density at radius 1 is 0.946 bits per heavy atom. The summed E-state index contributed by atoms with van der Waals surface area (Å²) in [4.78, 5) is 6.86. The molecule has 1 fully saturated rings. The number of benzene rings is 2. The lowest BCUT2D eigenvalue weighted by atomic mass is 9.96. The van der Waals surface area contributed by atoms with Gasteiger partial charge < -0.3 is 24.3 Å². The Morgan fingerprint density at radius 2 is 1.73 bits per heavy atom. The van der Waals surface area contributed by atoms with Crippen LogP contribution in [-0.2, 0) is 6.42 Å². The van der Waals surface area contributed by atoms with Gasteiger partial charge in [0.1, 0.15) is 11.5 Å². The summed E-state index contributed by atoms with van der Waals surface area (Å²) in [6, 6.07) is 22.4. The van der Waals surface area contributed by atoms with Crippen LogP contribution in [0.3, 0.4) is 0 Å². The minimum Gasteiger partial charge on any atom is -0.497 e. The van der Waals surface area contributed by atoms with Crippen LogP contribution in [0.2, 0.25) is 0 Å². The maximum atomic E-state index is 5.95. The molecule has 2 aromatic carbocycles. The molecule has 1 N–H and O–H groups in total. The lowest BCUT2D eigenvalue weighted by Crippen LogP contribution is -2.30. The van der Waals surface area contributed by atoms with E-state index in [2.05, 4.69) is 65.9 Å². The van der Waals surface area contributed by atoms with Gasteiger partial charge in [0.05, 0.1) is 37.7 Å². The predicted molar refractivity (Wildman–Crippen MR) is 152 cm³/mol. The minimum absolute atomic E-state index is 0.140. The molecule has 0 amide bonds. The van der Waals surface area contributed by atoms with Crippen LogP contribution in [0.5, 0.6) is 11.5 Å². The molecule has 0 radical (unpaired) electrons. The van der Waals surface area contributed by atoms with Crippen LogP contribution < -0.4 is 19.7 Å². The molecule has 0 bridgehead atoms. The van der Waals surface area contributed by atoms with Gasteiger partial charge in [0.15, 0.2) is 5.11 Å². The fourth-order valence-electron chi connectivity index (χ4n) is 5.40. The first-order valence-electron chi connectivity index (χ1n) is 12.5.